The lowest BCUT2D eigenvalue weighted by atomic mass is 10.2. The Morgan fingerprint density at radius 3 is 2.64 bits per heavy atom. The van der Waals surface area contributed by atoms with Crippen LogP contribution in [0.1, 0.15) is 13.3 Å². The maximum atomic E-state index is 12.1. The van der Waals surface area contributed by atoms with Crippen LogP contribution < -0.4 is 4.74 Å². The molecule has 1 aliphatic heterocycles. The van der Waals surface area contributed by atoms with Crippen molar-refractivity contribution >= 4 is 17.5 Å². The number of amides is 1. The fraction of sp³-hybridized carbons (Fsp3) is 0.562. The first-order valence-electron chi connectivity index (χ1n) is 7.62. The fourth-order valence-electron chi connectivity index (χ4n) is 2.52. The molecule has 2 rings (SSSR count). The van der Waals surface area contributed by atoms with Crippen LogP contribution in [0.25, 0.3) is 0 Å². The zero-order valence-electron chi connectivity index (χ0n) is 12.9. The lowest BCUT2D eigenvalue weighted by Gasteiger charge is -2.35. The lowest BCUT2D eigenvalue weighted by Crippen LogP contribution is -2.50. The van der Waals surface area contributed by atoms with Gasteiger partial charge >= 0.3 is 0 Å². The number of hydrogen-bond acceptors (Lipinski definition) is 4. The standard InChI is InChI=1S/C16H23ClN2O3/c1-13(20)12-18-7-9-19(10-8-18)16(21)6-11-22-15-5-3-2-4-14(15)17/h2-5,13,20H,6-12H2,1H3/t13-/m1/s1. The monoisotopic (exact) mass is 326 g/mol. The van der Waals surface area contributed by atoms with Gasteiger partial charge in [-0.3, -0.25) is 9.69 Å². The van der Waals surface area contributed by atoms with Crippen molar-refractivity contribution < 1.29 is 14.6 Å². The molecule has 0 radical (unpaired) electrons. The minimum Gasteiger partial charge on any atom is -0.491 e. The largest absolute Gasteiger partial charge is 0.491 e. The van der Waals surface area contributed by atoms with Crippen molar-refractivity contribution in [1.82, 2.24) is 9.80 Å². The number of rotatable bonds is 6. The molecular weight excluding hydrogens is 304 g/mol. The van der Waals surface area contributed by atoms with E-state index >= 15 is 0 Å². The highest BCUT2D eigenvalue weighted by atomic mass is 35.5. The quantitative estimate of drug-likeness (QED) is 0.863. The van der Waals surface area contributed by atoms with Gasteiger partial charge in [-0.05, 0) is 19.1 Å². The Bertz CT molecular complexity index is 488. The van der Waals surface area contributed by atoms with E-state index in [0.717, 1.165) is 13.1 Å². The summed E-state index contributed by atoms with van der Waals surface area (Å²) in [7, 11) is 0. The SMILES string of the molecule is C[C@@H](O)CN1CCN(C(=O)CCOc2ccccc2Cl)CC1. The molecule has 1 aromatic carbocycles. The summed E-state index contributed by atoms with van der Waals surface area (Å²) in [6.45, 7) is 5.80. The molecule has 0 spiro atoms. The number of β-amino-alcohol motifs (C(OH)–C–C–N with tert-alkyl or cyclic N) is 1. The molecule has 1 fully saturated rings. The molecule has 1 aromatic rings. The Labute approximate surface area is 136 Å². The van der Waals surface area contributed by atoms with Gasteiger partial charge in [0.15, 0.2) is 0 Å². The second-order valence-electron chi connectivity index (χ2n) is 5.56. The zero-order chi connectivity index (χ0) is 15.9. The van der Waals surface area contributed by atoms with Gasteiger partial charge in [0.1, 0.15) is 5.75 Å². The van der Waals surface area contributed by atoms with Gasteiger partial charge in [0, 0.05) is 32.7 Å². The third-order valence-electron chi connectivity index (χ3n) is 3.66. The summed E-state index contributed by atoms with van der Waals surface area (Å²) in [4.78, 5) is 16.2. The van der Waals surface area contributed by atoms with Crippen LogP contribution in [0.5, 0.6) is 5.75 Å². The third kappa shape index (κ3) is 5.16. The topological polar surface area (TPSA) is 53.0 Å². The minimum atomic E-state index is -0.328. The molecule has 0 saturated carbocycles. The van der Waals surface area contributed by atoms with Crippen molar-refractivity contribution in [3.05, 3.63) is 29.3 Å². The average Bonchev–Trinajstić information content (AvgIpc) is 2.49. The first-order chi connectivity index (χ1) is 10.6. The van der Waals surface area contributed by atoms with Crippen LogP contribution in [-0.2, 0) is 4.79 Å². The Morgan fingerprint density at radius 1 is 1.32 bits per heavy atom. The normalized spacial score (nSPS) is 17.3. The van der Waals surface area contributed by atoms with Crippen molar-refractivity contribution in [3.8, 4) is 5.75 Å². The number of benzene rings is 1. The Kier molecular flexibility index (Phi) is 6.49. The first kappa shape index (κ1) is 17.1. The summed E-state index contributed by atoms with van der Waals surface area (Å²) in [6, 6.07) is 7.25. The number of halogens is 1. The molecule has 6 heteroatoms. The molecule has 1 heterocycles. The van der Waals surface area contributed by atoms with Crippen LogP contribution >= 0.6 is 11.6 Å². The van der Waals surface area contributed by atoms with Crippen molar-refractivity contribution in [2.24, 2.45) is 0 Å². The van der Waals surface area contributed by atoms with Crippen LogP contribution in [0.2, 0.25) is 5.02 Å². The summed E-state index contributed by atoms with van der Waals surface area (Å²) >= 11 is 6.00. The summed E-state index contributed by atoms with van der Waals surface area (Å²) in [5, 5.41) is 9.93. The molecule has 0 bridgehead atoms. The number of piperazine rings is 1. The van der Waals surface area contributed by atoms with Crippen LogP contribution in [0.4, 0.5) is 0 Å². The molecular formula is C16H23ClN2O3. The molecule has 0 unspecified atom stereocenters. The maximum Gasteiger partial charge on any atom is 0.226 e. The first-order valence-corrected chi connectivity index (χ1v) is 7.99. The molecule has 5 nitrogen and oxygen atoms in total. The van der Waals surface area contributed by atoms with Crippen molar-refractivity contribution in [1.29, 1.82) is 0 Å². The number of para-hydroxylation sites is 1. The maximum absolute atomic E-state index is 12.1. The van der Waals surface area contributed by atoms with E-state index < -0.39 is 0 Å². The van der Waals surface area contributed by atoms with E-state index in [9.17, 15) is 9.90 Å². The van der Waals surface area contributed by atoms with Gasteiger partial charge in [-0.15, -0.1) is 0 Å². The van der Waals surface area contributed by atoms with Crippen LogP contribution in [-0.4, -0.2) is 66.2 Å². The molecule has 1 N–H and O–H groups in total. The Morgan fingerprint density at radius 2 is 2.00 bits per heavy atom. The number of ether oxygens (including phenoxy) is 1. The van der Waals surface area contributed by atoms with Crippen molar-refractivity contribution in [2.45, 2.75) is 19.4 Å². The minimum absolute atomic E-state index is 0.101. The number of aliphatic hydroxyl groups excluding tert-OH is 1. The molecule has 122 valence electrons. The van der Waals surface area contributed by atoms with E-state index in [1.165, 1.54) is 0 Å². The van der Waals surface area contributed by atoms with E-state index in [1.54, 1.807) is 19.1 Å². The van der Waals surface area contributed by atoms with Gasteiger partial charge < -0.3 is 14.7 Å². The fourth-order valence-corrected chi connectivity index (χ4v) is 2.71. The van der Waals surface area contributed by atoms with E-state index in [0.29, 0.717) is 43.4 Å². The predicted molar refractivity (Wildman–Crippen MR) is 86.3 cm³/mol. The molecule has 22 heavy (non-hydrogen) atoms. The van der Waals surface area contributed by atoms with Crippen molar-refractivity contribution in [2.75, 3.05) is 39.3 Å². The molecule has 1 amide bonds. The number of nitrogens with zero attached hydrogens (tertiary/aromatic N) is 2. The number of hydrogen-bond donors (Lipinski definition) is 1. The number of carbonyl (C=O) groups excluding carboxylic acids is 1. The van der Waals surface area contributed by atoms with Gasteiger partial charge in [-0.25, -0.2) is 0 Å². The van der Waals surface area contributed by atoms with Gasteiger partial charge in [-0.2, -0.15) is 0 Å². The third-order valence-corrected chi connectivity index (χ3v) is 3.97. The number of aliphatic hydroxyl groups is 1. The van der Waals surface area contributed by atoms with E-state index in [1.807, 2.05) is 17.0 Å². The molecule has 1 saturated heterocycles. The second-order valence-corrected chi connectivity index (χ2v) is 5.97. The van der Waals surface area contributed by atoms with E-state index in [4.69, 9.17) is 16.3 Å². The predicted octanol–water partition coefficient (Wildman–Crippen LogP) is 1.63. The highest BCUT2D eigenvalue weighted by Gasteiger charge is 2.21. The smallest absolute Gasteiger partial charge is 0.226 e. The van der Waals surface area contributed by atoms with E-state index in [-0.39, 0.29) is 12.0 Å². The average molecular weight is 327 g/mol. The summed E-state index contributed by atoms with van der Waals surface area (Å²) in [6.07, 6.45) is 0.0213. The van der Waals surface area contributed by atoms with Gasteiger partial charge in [0.05, 0.1) is 24.2 Å². The molecule has 1 aliphatic rings. The Balaban J connectivity index is 1.69. The van der Waals surface area contributed by atoms with E-state index in [2.05, 4.69) is 4.90 Å². The zero-order valence-corrected chi connectivity index (χ0v) is 13.6. The lowest BCUT2D eigenvalue weighted by molar-refractivity contribution is -0.133. The van der Waals surface area contributed by atoms with Gasteiger partial charge in [0.25, 0.3) is 0 Å². The van der Waals surface area contributed by atoms with Crippen LogP contribution in [0.3, 0.4) is 0 Å². The highest BCUT2D eigenvalue weighted by Crippen LogP contribution is 2.23. The molecule has 1 atom stereocenters. The van der Waals surface area contributed by atoms with Gasteiger partial charge in [-0.1, -0.05) is 23.7 Å². The van der Waals surface area contributed by atoms with Crippen molar-refractivity contribution in [3.63, 3.8) is 0 Å². The summed E-state index contributed by atoms with van der Waals surface area (Å²) < 4.78 is 5.55. The molecule has 0 aliphatic carbocycles. The molecule has 0 aromatic heterocycles. The summed E-state index contributed by atoms with van der Waals surface area (Å²) in [5.74, 6) is 0.711. The Hall–Kier alpha value is -1.30. The van der Waals surface area contributed by atoms with Gasteiger partial charge in [0.2, 0.25) is 5.91 Å². The number of carbonyl (C=O) groups is 1. The summed E-state index contributed by atoms with van der Waals surface area (Å²) in [5.41, 5.74) is 0. The highest BCUT2D eigenvalue weighted by molar-refractivity contribution is 6.32. The van der Waals surface area contributed by atoms with Crippen LogP contribution in [0, 0.1) is 0 Å². The van der Waals surface area contributed by atoms with Crippen LogP contribution in [0.15, 0.2) is 24.3 Å². The second kappa shape index (κ2) is 8.36.